The molecule has 0 aliphatic rings. The van der Waals surface area contributed by atoms with Gasteiger partial charge in [0.15, 0.2) is 0 Å². The molecule has 9 rings (SSSR count). The Hall–Kier alpha value is -5.54. The summed E-state index contributed by atoms with van der Waals surface area (Å²) >= 11 is 0. The van der Waals surface area contributed by atoms with Crippen LogP contribution in [0.4, 0.5) is 0 Å². The molecule has 9 aromatic rings. The molecule has 6 aromatic carbocycles. The van der Waals surface area contributed by atoms with Gasteiger partial charge in [0.05, 0.1) is 11.0 Å². The van der Waals surface area contributed by atoms with Gasteiger partial charge in [-0.2, -0.15) is 0 Å². The van der Waals surface area contributed by atoms with E-state index < -0.39 is 0 Å². The maximum Gasteiger partial charge on any atom is 0.143 e. The Morgan fingerprint density at radius 3 is 1.76 bits per heavy atom. The molecule has 0 saturated carbocycles. The Morgan fingerprint density at radius 1 is 0.439 bits per heavy atom. The quantitative estimate of drug-likeness (QED) is 0.212. The first-order chi connectivity index (χ1) is 20.3. The van der Waals surface area contributed by atoms with Crippen LogP contribution in [0, 0.1) is 0 Å². The van der Waals surface area contributed by atoms with E-state index in [4.69, 9.17) is 14.4 Å². The van der Waals surface area contributed by atoms with Gasteiger partial charge < -0.3 is 4.42 Å². The topological polar surface area (TPSA) is 38.9 Å². The zero-order chi connectivity index (χ0) is 26.9. The van der Waals surface area contributed by atoms with Gasteiger partial charge in [0.2, 0.25) is 0 Å². The fourth-order valence-corrected chi connectivity index (χ4v) is 6.47. The minimum atomic E-state index is 0.877. The number of fused-ring (bicyclic) bond motifs is 9. The predicted molar refractivity (Wildman–Crippen MR) is 170 cm³/mol. The van der Waals surface area contributed by atoms with Crippen LogP contribution < -0.4 is 0 Å². The van der Waals surface area contributed by atoms with E-state index in [9.17, 15) is 0 Å². The van der Waals surface area contributed by atoms with Crippen molar-refractivity contribution >= 4 is 65.3 Å². The highest BCUT2D eigenvalue weighted by Crippen LogP contribution is 2.42. The summed E-state index contributed by atoms with van der Waals surface area (Å²) in [5.41, 5.74) is 8.32. The molecular weight excluding hydrogens is 500 g/mol. The minimum absolute atomic E-state index is 0.877. The standard InChI is InChI=1S/C38H22N2O/c1-6-23-14-16-25-8-4-20-39-36(25)34(23)28(10-1)27-18-19-33-32(22-27)31-13-3-12-30(38(31)41-33)29-11-2-7-24-15-17-26-9-5-21-40-37(26)35(24)29/h1-22H. The van der Waals surface area contributed by atoms with Crippen LogP contribution in [0.1, 0.15) is 0 Å². The molecule has 0 spiro atoms. The van der Waals surface area contributed by atoms with E-state index in [1.165, 1.54) is 21.7 Å². The van der Waals surface area contributed by atoms with E-state index in [1.54, 1.807) is 0 Å². The third-order valence-electron chi connectivity index (χ3n) is 8.33. The van der Waals surface area contributed by atoms with Crippen LogP contribution in [-0.4, -0.2) is 9.97 Å². The number of hydrogen-bond acceptors (Lipinski definition) is 3. The van der Waals surface area contributed by atoms with Crippen LogP contribution in [-0.2, 0) is 0 Å². The third kappa shape index (κ3) is 3.26. The molecule has 0 fully saturated rings. The number of hydrogen-bond donors (Lipinski definition) is 0. The van der Waals surface area contributed by atoms with E-state index in [1.807, 2.05) is 24.5 Å². The number of benzene rings is 6. The summed E-state index contributed by atoms with van der Waals surface area (Å²) in [4.78, 5) is 9.54. The van der Waals surface area contributed by atoms with Crippen molar-refractivity contribution in [1.82, 2.24) is 9.97 Å². The number of rotatable bonds is 2. The first-order valence-corrected chi connectivity index (χ1v) is 13.8. The average molecular weight is 523 g/mol. The van der Waals surface area contributed by atoms with Crippen molar-refractivity contribution in [2.75, 3.05) is 0 Å². The first-order valence-electron chi connectivity index (χ1n) is 13.8. The molecule has 3 heteroatoms. The number of furan rings is 1. The number of nitrogens with zero attached hydrogens (tertiary/aromatic N) is 2. The van der Waals surface area contributed by atoms with Crippen molar-refractivity contribution in [2.24, 2.45) is 0 Å². The Bertz CT molecular complexity index is 2490. The van der Waals surface area contributed by atoms with Gasteiger partial charge in [-0.3, -0.25) is 9.97 Å². The fraction of sp³-hybridized carbons (Fsp3) is 0. The molecular formula is C38H22N2O. The summed E-state index contributed by atoms with van der Waals surface area (Å²) in [6.07, 6.45) is 3.74. The first kappa shape index (κ1) is 22.3. The monoisotopic (exact) mass is 522 g/mol. The van der Waals surface area contributed by atoms with Crippen molar-refractivity contribution in [2.45, 2.75) is 0 Å². The second-order valence-corrected chi connectivity index (χ2v) is 10.6. The highest BCUT2D eigenvalue weighted by Gasteiger charge is 2.17. The zero-order valence-corrected chi connectivity index (χ0v) is 22.0. The minimum Gasteiger partial charge on any atom is -0.455 e. The lowest BCUT2D eigenvalue weighted by atomic mass is 9.93. The van der Waals surface area contributed by atoms with Crippen LogP contribution in [0.25, 0.3) is 87.5 Å². The van der Waals surface area contributed by atoms with Crippen molar-refractivity contribution in [3.05, 3.63) is 134 Å². The number of para-hydroxylation sites is 1. The SMILES string of the molecule is c1cnc2c(c1)ccc1cccc(-c3ccc4oc5c(-c6cccc7ccc8cccnc8c67)cccc5c4c3)c12. The molecule has 0 unspecified atom stereocenters. The lowest BCUT2D eigenvalue weighted by molar-refractivity contribution is 0.670. The van der Waals surface area contributed by atoms with E-state index in [0.717, 1.165) is 65.8 Å². The molecule has 0 atom stereocenters. The fourth-order valence-electron chi connectivity index (χ4n) is 6.47. The second-order valence-electron chi connectivity index (χ2n) is 10.6. The molecule has 3 heterocycles. The van der Waals surface area contributed by atoms with Gasteiger partial charge in [0, 0.05) is 50.3 Å². The summed E-state index contributed by atoms with van der Waals surface area (Å²) in [7, 11) is 0. The summed E-state index contributed by atoms with van der Waals surface area (Å²) < 4.78 is 6.61. The number of aromatic nitrogens is 2. The molecule has 0 radical (unpaired) electrons. The van der Waals surface area contributed by atoms with Gasteiger partial charge >= 0.3 is 0 Å². The molecule has 0 aliphatic carbocycles. The van der Waals surface area contributed by atoms with Crippen molar-refractivity contribution in [1.29, 1.82) is 0 Å². The lowest BCUT2D eigenvalue weighted by Gasteiger charge is -2.10. The summed E-state index contributed by atoms with van der Waals surface area (Å²) in [6.45, 7) is 0. The van der Waals surface area contributed by atoms with E-state index in [2.05, 4.69) is 109 Å². The maximum atomic E-state index is 6.61. The average Bonchev–Trinajstić information content (AvgIpc) is 3.42. The summed E-state index contributed by atoms with van der Waals surface area (Å²) in [6, 6.07) is 42.8. The van der Waals surface area contributed by atoms with E-state index in [-0.39, 0.29) is 0 Å². The third-order valence-corrected chi connectivity index (χ3v) is 8.33. The Kier molecular flexibility index (Phi) is 4.61. The maximum absolute atomic E-state index is 6.61. The van der Waals surface area contributed by atoms with Crippen LogP contribution in [0.3, 0.4) is 0 Å². The summed E-state index contributed by atoms with van der Waals surface area (Å²) in [5.74, 6) is 0. The Balaban J connectivity index is 1.31. The molecule has 0 bridgehead atoms. The normalized spacial score (nSPS) is 11.9. The highest BCUT2D eigenvalue weighted by atomic mass is 16.3. The zero-order valence-electron chi connectivity index (χ0n) is 22.0. The summed E-state index contributed by atoms with van der Waals surface area (Å²) in [5, 5.41) is 9.16. The lowest BCUT2D eigenvalue weighted by Crippen LogP contribution is -1.86. The van der Waals surface area contributed by atoms with Crippen LogP contribution >= 0.6 is 0 Å². The van der Waals surface area contributed by atoms with Crippen molar-refractivity contribution in [3.63, 3.8) is 0 Å². The van der Waals surface area contributed by atoms with Crippen LogP contribution in [0.15, 0.2) is 138 Å². The van der Waals surface area contributed by atoms with Crippen LogP contribution in [0.2, 0.25) is 0 Å². The Labute approximate surface area is 235 Å². The van der Waals surface area contributed by atoms with Gasteiger partial charge in [-0.05, 0) is 51.7 Å². The van der Waals surface area contributed by atoms with E-state index in [0.29, 0.717) is 0 Å². The van der Waals surface area contributed by atoms with Gasteiger partial charge in [-0.25, -0.2) is 0 Å². The van der Waals surface area contributed by atoms with Crippen molar-refractivity contribution in [3.8, 4) is 22.3 Å². The molecule has 190 valence electrons. The van der Waals surface area contributed by atoms with Gasteiger partial charge in [0.1, 0.15) is 11.2 Å². The largest absolute Gasteiger partial charge is 0.455 e. The molecule has 3 nitrogen and oxygen atoms in total. The Morgan fingerprint density at radius 2 is 1.02 bits per heavy atom. The van der Waals surface area contributed by atoms with E-state index >= 15 is 0 Å². The highest BCUT2D eigenvalue weighted by molar-refractivity contribution is 6.18. The molecule has 0 saturated heterocycles. The molecule has 0 N–H and O–H groups in total. The van der Waals surface area contributed by atoms with Gasteiger partial charge in [-0.1, -0.05) is 97.1 Å². The molecule has 0 amide bonds. The number of pyridine rings is 2. The van der Waals surface area contributed by atoms with Crippen LogP contribution in [0.5, 0.6) is 0 Å². The molecule has 0 aliphatic heterocycles. The second kappa shape index (κ2) is 8.48. The predicted octanol–water partition coefficient (Wildman–Crippen LogP) is 10.3. The molecule has 3 aromatic heterocycles. The van der Waals surface area contributed by atoms with Gasteiger partial charge in [0.25, 0.3) is 0 Å². The van der Waals surface area contributed by atoms with Crippen molar-refractivity contribution < 1.29 is 4.42 Å². The molecule has 41 heavy (non-hydrogen) atoms. The van der Waals surface area contributed by atoms with Gasteiger partial charge in [-0.15, -0.1) is 0 Å². The smallest absolute Gasteiger partial charge is 0.143 e.